The fourth-order valence-electron chi connectivity index (χ4n) is 3.19. The Morgan fingerprint density at radius 3 is 2.00 bits per heavy atom. The van der Waals surface area contributed by atoms with E-state index in [1.165, 1.54) is 12.1 Å². The average molecular weight is 466 g/mol. The van der Waals surface area contributed by atoms with Gasteiger partial charge in [-0.3, -0.25) is 0 Å². The summed E-state index contributed by atoms with van der Waals surface area (Å²) in [5, 5.41) is 6.53. The van der Waals surface area contributed by atoms with Gasteiger partial charge >= 0.3 is 0 Å². The molecule has 0 N–H and O–H groups in total. The molecular weight excluding hydrogens is 453 g/mol. The van der Waals surface area contributed by atoms with E-state index in [2.05, 4.69) is 0 Å². The van der Waals surface area contributed by atoms with E-state index < -0.39 is 0 Å². The van der Waals surface area contributed by atoms with Crippen LogP contribution >= 0.6 is 46.4 Å². The summed E-state index contributed by atoms with van der Waals surface area (Å²) in [6.45, 7) is 1.94. The van der Waals surface area contributed by atoms with Gasteiger partial charge in [0.25, 0.3) is 0 Å². The van der Waals surface area contributed by atoms with Crippen LogP contribution in [0.3, 0.4) is 0 Å². The summed E-state index contributed by atoms with van der Waals surface area (Å²) in [5.74, 6) is -0.355. The third-order valence-electron chi connectivity index (χ3n) is 4.56. The second kappa shape index (κ2) is 8.00. The van der Waals surface area contributed by atoms with Crippen LogP contribution in [0.4, 0.5) is 4.39 Å². The molecule has 1 aromatic heterocycles. The van der Waals surface area contributed by atoms with Crippen LogP contribution in [-0.2, 0) is 0 Å². The first kappa shape index (κ1) is 20.2. The SMILES string of the molecule is Cc1c(-c2ccc(Cl)c(Cl)c2)nn(-c2cccc(F)c2)c1-c1ccc(Cl)c(Cl)c1. The lowest BCUT2D eigenvalue weighted by Gasteiger charge is -2.10. The molecule has 2 nitrogen and oxygen atoms in total. The molecule has 0 saturated carbocycles. The van der Waals surface area contributed by atoms with E-state index in [0.29, 0.717) is 31.5 Å². The van der Waals surface area contributed by atoms with Crippen molar-refractivity contribution in [3.05, 3.63) is 92.1 Å². The highest BCUT2D eigenvalue weighted by molar-refractivity contribution is 6.42. The quantitative estimate of drug-likeness (QED) is 0.297. The van der Waals surface area contributed by atoms with Gasteiger partial charge in [-0.2, -0.15) is 5.10 Å². The topological polar surface area (TPSA) is 17.8 Å². The van der Waals surface area contributed by atoms with Crippen LogP contribution in [0, 0.1) is 12.7 Å². The van der Waals surface area contributed by atoms with Crippen LogP contribution in [-0.4, -0.2) is 9.78 Å². The van der Waals surface area contributed by atoms with E-state index in [-0.39, 0.29) is 5.82 Å². The molecule has 7 heteroatoms. The maximum absolute atomic E-state index is 13.9. The third-order valence-corrected chi connectivity index (χ3v) is 6.04. The van der Waals surface area contributed by atoms with Crippen LogP contribution < -0.4 is 0 Å². The fraction of sp³-hybridized carbons (Fsp3) is 0.0455. The Bertz CT molecular complexity index is 1230. The molecule has 0 bridgehead atoms. The number of halogens is 5. The maximum atomic E-state index is 13.9. The van der Waals surface area contributed by atoms with Crippen molar-refractivity contribution in [3.8, 4) is 28.2 Å². The number of rotatable bonds is 3. The molecule has 0 saturated heterocycles. The normalized spacial score (nSPS) is 11.1. The summed E-state index contributed by atoms with van der Waals surface area (Å²) in [5.41, 5.74) is 4.55. The second-order valence-corrected chi connectivity index (χ2v) is 8.10. The van der Waals surface area contributed by atoms with Crippen molar-refractivity contribution in [2.75, 3.05) is 0 Å². The van der Waals surface area contributed by atoms with Gasteiger partial charge < -0.3 is 0 Å². The Morgan fingerprint density at radius 1 is 0.759 bits per heavy atom. The zero-order valence-electron chi connectivity index (χ0n) is 15.1. The average Bonchev–Trinajstić information content (AvgIpc) is 3.03. The van der Waals surface area contributed by atoms with E-state index in [0.717, 1.165) is 22.4 Å². The molecule has 0 atom stereocenters. The third kappa shape index (κ3) is 3.88. The van der Waals surface area contributed by atoms with Gasteiger partial charge in [-0.1, -0.05) is 64.6 Å². The van der Waals surface area contributed by atoms with Gasteiger partial charge in [0.2, 0.25) is 0 Å². The highest BCUT2D eigenvalue weighted by Gasteiger charge is 2.20. The molecule has 0 fully saturated rings. The summed E-state index contributed by atoms with van der Waals surface area (Å²) in [6.07, 6.45) is 0. The van der Waals surface area contributed by atoms with Crippen LogP contribution in [0.25, 0.3) is 28.2 Å². The van der Waals surface area contributed by atoms with E-state index in [9.17, 15) is 4.39 Å². The Hall–Kier alpha value is -2.04. The number of nitrogens with zero attached hydrogens (tertiary/aromatic N) is 2. The molecule has 0 unspecified atom stereocenters. The predicted octanol–water partition coefficient (Wildman–Crippen LogP) is 8.27. The van der Waals surface area contributed by atoms with Crippen LogP contribution in [0.1, 0.15) is 5.56 Å². The molecule has 0 amide bonds. The second-order valence-electron chi connectivity index (χ2n) is 6.47. The van der Waals surface area contributed by atoms with Gasteiger partial charge in [0, 0.05) is 16.7 Å². The first-order chi connectivity index (χ1) is 13.8. The number of benzene rings is 3. The Balaban J connectivity index is 2.00. The van der Waals surface area contributed by atoms with Crippen LogP contribution in [0.2, 0.25) is 20.1 Å². The van der Waals surface area contributed by atoms with Crippen molar-refractivity contribution < 1.29 is 4.39 Å². The molecule has 0 spiro atoms. The first-order valence-electron chi connectivity index (χ1n) is 8.61. The predicted molar refractivity (Wildman–Crippen MR) is 119 cm³/mol. The van der Waals surface area contributed by atoms with Crippen molar-refractivity contribution in [3.63, 3.8) is 0 Å². The summed E-state index contributed by atoms with van der Waals surface area (Å²) >= 11 is 24.6. The molecule has 146 valence electrons. The maximum Gasteiger partial charge on any atom is 0.125 e. The van der Waals surface area contributed by atoms with E-state index in [1.807, 2.05) is 19.1 Å². The first-order valence-corrected chi connectivity index (χ1v) is 10.1. The van der Waals surface area contributed by atoms with Crippen LogP contribution in [0.15, 0.2) is 60.7 Å². The Labute approximate surface area is 187 Å². The number of hydrogen-bond acceptors (Lipinski definition) is 1. The minimum Gasteiger partial charge on any atom is -0.232 e. The van der Waals surface area contributed by atoms with Gasteiger partial charge in [0.15, 0.2) is 0 Å². The van der Waals surface area contributed by atoms with E-state index in [1.54, 1.807) is 41.1 Å². The molecule has 0 radical (unpaired) electrons. The zero-order valence-corrected chi connectivity index (χ0v) is 18.1. The molecule has 0 aliphatic heterocycles. The molecule has 1 heterocycles. The Morgan fingerprint density at radius 2 is 1.38 bits per heavy atom. The molecule has 4 rings (SSSR count). The van der Waals surface area contributed by atoms with Gasteiger partial charge in [0.1, 0.15) is 5.82 Å². The molecule has 0 aliphatic rings. The lowest BCUT2D eigenvalue weighted by Crippen LogP contribution is -2.00. The standard InChI is InChI=1S/C22H13Cl4FN2/c1-12-21(13-5-7-17(23)19(25)9-13)28-29(16-4-2-3-15(27)11-16)22(12)14-6-8-18(24)20(26)10-14/h2-11H,1H3. The van der Waals surface area contributed by atoms with Crippen molar-refractivity contribution in [2.45, 2.75) is 6.92 Å². The summed E-state index contributed by atoms with van der Waals surface area (Å²) < 4.78 is 15.6. The van der Waals surface area contributed by atoms with Crippen LogP contribution in [0.5, 0.6) is 0 Å². The van der Waals surface area contributed by atoms with Crippen molar-refractivity contribution in [1.82, 2.24) is 9.78 Å². The molecule has 0 aliphatic carbocycles. The van der Waals surface area contributed by atoms with Gasteiger partial charge in [0.05, 0.1) is 37.2 Å². The van der Waals surface area contributed by atoms with E-state index in [4.69, 9.17) is 51.5 Å². The fourth-order valence-corrected chi connectivity index (χ4v) is 3.79. The molecule has 3 aromatic carbocycles. The molecular formula is C22H13Cl4FN2. The van der Waals surface area contributed by atoms with Gasteiger partial charge in [-0.05, 0) is 49.4 Å². The zero-order chi connectivity index (χ0) is 20.7. The number of aromatic nitrogens is 2. The largest absolute Gasteiger partial charge is 0.232 e. The smallest absolute Gasteiger partial charge is 0.125 e. The lowest BCUT2D eigenvalue weighted by atomic mass is 10.0. The highest BCUT2D eigenvalue weighted by Crippen LogP contribution is 2.37. The monoisotopic (exact) mass is 464 g/mol. The van der Waals surface area contributed by atoms with Gasteiger partial charge in [-0.15, -0.1) is 0 Å². The molecule has 4 aromatic rings. The lowest BCUT2D eigenvalue weighted by molar-refractivity contribution is 0.625. The van der Waals surface area contributed by atoms with Gasteiger partial charge in [-0.25, -0.2) is 9.07 Å². The molecule has 29 heavy (non-hydrogen) atoms. The summed E-state index contributed by atoms with van der Waals surface area (Å²) in [4.78, 5) is 0. The summed E-state index contributed by atoms with van der Waals surface area (Å²) in [7, 11) is 0. The Kier molecular flexibility index (Phi) is 5.58. The summed E-state index contributed by atoms with van der Waals surface area (Å²) in [6, 6.07) is 16.9. The minimum atomic E-state index is -0.355. The van der Waals surface area contributed by atoms with Crippen molar-refractivity contribution >= 4 is 46.4 Å². The van der Waals surface area contributed by atoms with E-state index >= 15 is 0 Å². The number of hydrogen-bond donors (Lipinski definition) is 0. The van der Waals surface area contributed by atoms with Crippen molar-refractivity contribution in [2.24, 2.45) is 0 Å². The highest BCUT2D eigenvalue weighted by atomic mass is 35.5. The minimum absolute atomic E-state index is 0.355. The van der Waals surface area contributed by atoms with Crippen molar-refractivity contribution in [1.29, 1.82) is 0 Å².